The summed E-state index contributed by atoms with van der Waals surface area (Å²) in [6.45, 7) is 6.94. The van der Waals surface area contributed by atoms with Crippen molar-refractivity contribution in [1.29, 1.82) is 0 Å². The van der Waals surface area contributed by atoms with Crippen LogP contribution < -0.4 is 5.32 Å². The van der Waals surface area contributed by atoms with Gasteiger partial charge < -0.3 is 10.4 Å². The Bertz CT molecular complexity index is 242. The Kier molecular flexibility index (Phi) is 5.92. The SMILES string of the molecule is CC1(C)CNC(=O)CN1CCCCCCCO. The van der Waals surface area contributed by atoms with Crippen molar-refractivity contribution in [2.24, 2.45) is 0 Å². The molecule has 1 amide bonds. The number of nitrogens with zero attached hydrogens (tertiary/aromatic N) is 1. The summed E-state index contributed by atoms with van der Waals surface area (Å²) in [4.78, 5) is 13.6. The van der Waals surface area contributed by atoms with E-state index in [0.717, 1.165) is 32.4 Å². The topological polar surface area (TPSA) is 52.6 Å². The fourth-order valence-corrected chi connectivity index (χ4v) is 2.20. The number of carbonyl (C=O) groups is 1. The van der Waals surface area contributed by atoms with E-state index in [2.05, 4.69) is 24.1 Å². The minimum atomic E-state index is 0.0823. The lowest BCUT2D eigenvalue weighted by molar-refractivity contribution is -0.127. The van der Waals surface area contributed by atoms with E-state index in [4.69, 9.17) is 5.11 Å². The molecule has 0 aromatic carbocycles. The Morgan fingerprint density at radius 3 is 2.59 bits per heavy atom. The van der Waals surface area contributed by atoms with E-state index in [9.17, 15) is 4.79 Å². The summed E-state index contributed by atoms with van der Waals surface area (Å²) >= 11 is 0. The Morgan fingerprint density at radius 1 is 1.24 bits per heavy atom. The van der Waals surface area contributed by atoms with E-state index in [1.165, 1.54) is 12.8 Å². The number of amides is 1. The number of carbonyl (C=O) groups excluding carboxylic acids is 1. The number of rotatable bonds is 7. The molecule has 0 saturated carbocycles. The molecule has 1 heterocycles. The zero-order chi connectivity index (χ0) is 12.7. The molecule has 1 fully saturated rings. The highest BCUT2D eigenvalue weighted by atomic mass is 16.2. The first-order valence-electron chi connectivity index (χ1n) is 6.69. The van der Waals surface area contributed by atoms with Gasteiger partial charge in [0.2, 0.25) is 5.91 Å². The van der Waals surface area contributed by atoms with Gasteiger partial charge in [-0.2, -0.15) is 0 Å². The molecule has 1 aliphatic heterocycles. The van der Waals surface area contributed by atoms with Crippen molar-refractivity contribution in [3.05, 3.63) is 0 Å². The average Bonchev–Trinajstić information content (AvgIpc) is 2.28. The molecule has 0 aromatic rings. The molecule has 1 rings (SSSR count). The zero-order valence-electron chi connectivity index (χ0n) is 11.2. The maximum Gasteiger partial charge on any atom is 0.234 e. The largest absolute Gasteiger partial charge is 0.396 e. The number of unbranched alkanes of at least 4 members (excludes halogenated alkanes) is 4. The molecule has 4 heteroatoms. The van der Waals surface area contributed by atoms with E-state index in [1.54, 1.807) is 0 Å². The van der Waals surface area contributed by atoms with Crippen molar-refractivity contribution < 1.29 is 9.90 Å². The lowest BCUT2D eigenvalue weighted by Crippen LogP contribution is -2.60. The van der Waals surface area contributed by atoms with Gasteiger partial charge in [0.25, 0.3) is 0 Å². The van der Waals surface area contributed by atoms with Gasteiger partial charge in [-0.3, -0.25) is 9.69 Å². The molecule has 0 spiro atoms. The number of aliphatic hydroxyl groups is 1. The second-order valence-corrected chi connectivity index (χ2v) is 5.50. The summed E-state index contributed by atoms with van der Waals surface area (Å²) < 4.78 is 0. The minimum Gasteiger partial charge on any atom is -0.396 e. The molecule has 0 aromatic heterocycles. The van der Waals surface area contributed by atoms with Crippen molar-refractivity contribution in [2.75, 3.05) is 26.2 Å². The molecule has 0 atom stereocenters. The summed E-state index contributed by atoms with van der Waals surface area (Å²) in [5.41, 5.74) is 0.0823. The second-order valence-electron chi connectivity index (χ2n) is 5.50. The van der Waals surface area contributed by atoms with Gasteiger partial charge >= 0.3 is 0 Å². The molecular weight excluding hydrogens is 216 g/mol. The first kappa shape index (κ1) is 14.5. The maximum atomic E-state index is 11.4. The average molecular weight is 242 g/mol. The van der Waals surface area contributed by atoms with Crippen molar-refractivity contribution in [1.82, 2.24) is 10.2 Å². The second kappa shape index (κ2) is 6.97. The lowest BCUT2D eigenvalue weighted by atomic mass is 9.99. The highest BCUT2D eigenvalue weighted by molar-refractivity contribution is 5.79. The van der Waals surface area contributed by atoms with Crippen LogP contribution in [0.4, 0.5) is 0 Å². The summed E-state index contributed by atoms with van der Waals surface area (Å²) in [6, 6.07) is 0. The van der Waals surface area contributed by atoms with Gasteiger partial charge in [-0.25, -0.2) is 0 Å². The monoisotopic (exact) mass is 242 g/mol. The lowest BCUT2D eigenvalue weighted by Gasteiger charge is -2.42. The Morgan fingerprint density at radius 2 is 1.88 bits per heavy atom. The predicted octanol–water partition coefficient (Wildman–Crippen LogP) is 1.14. The molecule has 1 saturated heterocycles. The van der Waals surface area contributed by atoms with Crippen LogP contribution >= 0.6 is 0 Å². The standard InChI is InChI=1S/C13H26N2O2/c1-13(2)11-14-12(17)10-15(13)8-6-4-3-5-7-9-16/h16H,3-11H2,1-2H3,(H,14,17). The molecule has 0 unspecified atom stereocenters. The molecular formula is C13H26N2O2. The molecule has 100 valence electrons. The van der Waals surface area contributed by atoms with Gasteiger partial charge in [0.1, 0.15) is 0 Å². The molecule has 0 bridgehead atoms. The molecule has 17 heavy (non-hydrogen) atoms. The first-order chi connectivity index (χ1) is 8.06. The van der Waals surface area contributed by atoms with Gasteiger partial charge in [-0.05, 0) is 33.2 Å². The molecule has 1 aliphatic rings. The highest BCUT2D eigenvalue weighted by Crippen LogP contribution is 2.17. The van der Waals surface area contributed by atoms with Crippen molar-refractivity contribution in [2.45, 2.75) is 51.5 Å². The number of aliphatic hydroxyl groups excluding tert-OH is 1. The van der Waals surface area contributed by atoms with Crippen LogP contribution in [0, 0.1) is 0 Å². The van der Waals surface area contributed by atoms with Crippen LogP contribution in [0.1, 0.15) is 46.0 Å². The third kappa shape index (κ3) is 5.04. The third-order valence-electron chi connectivity index (χ3n) is 3.49. The van der Waals surface area contributed by atoms with Crippen LogP contribution in [0.2, 0.25) is 0 Å². The van der Waals surface area contributed by atoms with Gasteiger partial charge in [0.15, 0.2) is 0 Å². The zero-order valence-corrected chi connectivity index (χ0v) is 11.2. The molecule has 2 N–H and O–H groups in total. The normalized spacial score (nSPS) is 20.3. The maximum absolute atomic E-state index is 11.4. The Balaban J connectivity index is 2.18. The number of nitrogens with one attached hydrogen (secondary N) is 1. The summed E-state index contributed by atoms with van der Waals surface area (Å²) in [7, 11) is 0. The summed E-state index contributed by atoms with van der Waals surface area (Å²) in [5, 5.41) is 11.6. The van der Waals surface area contributed by atoms with Gasteiger partial charge in [0, 0.05) is 18.7 Å². The van der Waals surface area contributed by atoms with E-state index >= 15 is 0 Å². The minimum absolute atomic E-state index is 0.0823. The number of hydrogen-bond donors (Lipinski definition) is 2. The summed E-state index contributed by atoms with van der Waals surface area (Å²) in [5.74, 6) is 0.143. The van der Waals surface area contributed by atoms with Crippen molar-refractivity contribution >= 4 is 5.91 Å². The van der Waals surface area contributed by atoms with Crippen LogP contribution in [-0.2, 0) is 4.79 Å². The molecule has 0 radical (unpaired) electrons. The smallest absolute Gasteiger partial charge is 0.234 e. The molecule has 4 nitrogen and oxygen atoms in total. The van der Waals surface area contributed by atoms with E-state index < -0.39 is 0 Å². The van der Waals surface area contributed by atoms with Crippen LogP contribution in [0.25, 0.3) is 0 Å². The Hall–Kier alpha value is -0.610. The number of hydrogen-bond acceptors (Lipinski definition) is 3. The van der Waals surface area contributed by atoms with Crippen LogP contribution in [-0.4, -0.2) is 47.7 Å². The van der Waals surface area contributed by atoms with Gasteiger partial charge in [0.05, 0.1) is 6.54 Å². The van der Waals surface area contributed by atoms with Crippen LogP contribution in [0.15, 0.2) is 0 Å². The van der Waals surface area contributed by atoms with Crippen molar-refractivity contribution in [3.63, 3.8) is 0 Å². The Labute approximate surface area is 104 Å². The predicted molar refractivity (Wildman–Crippen MR) is 68.8 cm³/mol. The fourth-order valence-electron chi connectivity index (χ4n) is 2.20. The molecule has 0 aliphatic carbocycles. The van der Waals surface area contributed by atoms with E-state index in [1.807, 2.05) is 0 Å². The quantitative estimate of drug-likeness (QED) is 0.658. The first-order valence-corrected chi connectivity index (χ1v) is 6.69. The highest BCUT2D eigenvalue weighted by Gasteiger charge is 2.32. The number of piperazine rings is 1. The van der Waals surface area contributed by atoms with E-state index in [0.29, 0.717) is 13.2 Å². The summed E-state index contributed by atoms with van der Waals surface area (Å²) in [6.07, 6.45) is 5.54. The fraction of sp³-hybridized carbons (Fsp3) is 0.923. The van der Waals surface area contributed by atoms with Gasteiger partial charge in [-0.1, -0.05) is 19.3 Å². The van der Waals surface area contributed by atoms with E-state index in [-0.39, 0.29) is 11.4 Å². The van der Waals surface area contributed by atoms with Crippen LogP contribution in [0.5, 0.6) is 0 Å². The van der Waals surface area contributed by atoms with Crippen molar-refractivity contribution in [3.8, 4) is 0 Å². The third-order valence-corrected chi connectivity index (χ3v) is 3.49. The van der Waals surface area contributed by atoms with Gasteiger partial charge in [-0.15, -0.1) is 0 Å². The van der Waals surface area contributed by atoms with Crippen LogP contribution in [0.3, 0.4) is 0 Å².